The molecule has 22 heavy (non-hydrogen) atoms. The summed E-state index contributed by atoms with van der Waals surface area (Å²) >= 11 is 0. The summed E-state index contributed by atoms with van der Waals surface area (Å²) in [6, 6.07) is 0.265. The van der Waals surface area contributed by atoms with Crippen LogP contribution in [0.25, 0.3) is 0 Å². The Hall–Kier alpha value is -1.06. The predicted molar refractivity (Wildman–Crippen MR) is 88.5 cm³/mol. The molecule has 2 amide bonds. The first-order valence-electron chi connectivity index (χ1n) is 9.26. The van der Waals surface area contributed by atoms with Crippen LogP contribution in [0, 0.1) is 5.92 Å². The van der Waals surface area contributed by atoms with E-state index in [1.54, 1.807) is 0 Å². The molecule has 1 saturated carbocycles. The Kier molecular flexibility index (Phi) is 7.20. The summed E-state index contributed by atoms with van der Waals surface area (Å²) in [5, 5.41) is 3.09. The van der Waals surface area contributed by atoms with Gasteiger partial charge in [-0.2, -0.15) is 0 Å². The summed E-state index contributed by atoms with van der Waals surface area (Å²) in [6.45, 7) is 3.63. The maximum atomic E-state index is 12.3. The second kappa shape index (κ2) is 9.16. The van der Waals surface area contributed by atoms with Gasteiger partial charge in [0.25, 0.3) is 0 Å². The molecule has 1 saturated heterocycles. The molecule has 0 bridgehead atoms. The monoisotopic (exact) mass is 308 g/mol. The zero-order valence-electron chi connectivity index (χ0n) is 14.1. The molecule has 126 valence electrons. The van der Waals surface area contributed by atoms with E-state index in [0.29, 0.717) is 12.3 Å². The van der Waals surface area contributed by atoms with Crippen LogP contribution in [0.2, 0.25) is 0 Å². The van der Waals surface area contributed by atoms with Gasteiger partial charge in [-0.3, -0.25) is 9.59 Å². The SMILES string of the molecule is CCCC(=O)NC1CCN(C(=O)CCC2CCCCC2)CC1. The summed E-state index contributed by atoms with van der Waals surface area (Å²) in [6.07, 6.45) is 11.8. The summed E-state index contributed by atoms with van der Waals surface area (Å²) in [4.78, 5) is 25.9. The molecule has 2 aliphatic rings. The van der Waals surface area contributed by atoms with E-state index in [4.69, 9.17) is 0 Å². The number of hydrogen-bond acceptors (Lipinski definition) is 2. The number of amides is 2. The third kappa shape index (κ3) is 5.62. The zero-order chi connectivity index (χ0) is 15.8. The molecule has 2 rings (SSSR count). The van der Waals surface area contributed by atoms with E-state index in [9.17, 15) is 9.59 Å². The van der Waals surface area contributed by atoms with Crippen LogP contribution in [0.5, 0.6) is 0 Å². The highest BCUT2D eigenvalue weighted by molar-refractivity contribution is 5.77. The van der Waals surface area contributed by atoms with Gasteiger partial charge in [-0.05, 0) is 31.6 Å². The van der Waals surface area contributed by atoms with Crippen molar-refractivity contribution in [2.45, 2.75) is 83.6 Å². The van der Waals surface area contributed by atoms with Crippen LogP contribution in [0.4, 0.5) is 0 Å². The minimum atomic E-state index is 0.157. The minimum Gasteiger partial charge on any atom is -0.353 e. The van der Waals surface area contributed by atoms with E-state index in [-0.39, 0.29) is 11.9 Å². The Morgan fingerprint density at radius 3 is 2.32 bits per heavy atom. The summed E-state index contributed by atoms with van der Waals surface area (Å²) in [5.74, 6) is 1.26. The van der Waals surface area contributed by atoms with Crippen LogP contribution < -0.4 is 5.32 Å². The fraction of sp³-hybridized carbons (Fsp3) is 0.889. The molecule has 0 unspecified atom stereocenters. The lowest BCUT2D eigenvalue weighted by Gasteiger charge is -2.33. The number of piperidine rings is 1. The number of nitrogens with zero attached hydrogens (tertiary/aromatic N) is 1. The molecule has 2 fully saturated rings. The Morgan fingerprint density at radius 1 is 1.00 bits per heavy atom. The smallest absolute Gasteiger partial charge is 0.222 e. The highest BCUT2D eigenvalue weighted by Crippen LogP contribution is 2.27. The van der Waals surface area contributed by atoms with Crippen LogP contribution in [0.15, 0.2) is 0 Å². The summed E-state index contributed by atoms with van der Waals surface area (Å²) in [7, 11) is 0. The van der Waals surface area contributed by atoms with Crippen LogP contribution >= 0.6 is 0 Å². The van der Waals surface area contributed by atoms with Gasteiger partial charge in [0.1, 0.15) is 0 Å². The lowest BCUT2D eigenvalue weighted by atomic mass is 9.86. The fourth-order valence-electron chi connectivity index (χ4n) is 3.76. The van der Waals surface area contributed by atoms with Gasteiger partial charge in [-0.25, -0.2) is 0 Å². The predicted octanol–water partition coefficient (Wildman–Crippen LogP) is 3.25. The largest absolute Gasteiger partial charge is 0.353 e. The van der Waals surface area contributed by atoms with Crippen molar-refractivity contribution in [3.63, 3.8) is 0 Å². The topological polar surface area (TPSA) is 49.4 Å². The molecule has 1 heterocycles. The van der Waals surface area contributed by atoms with E-state index in [0.717, 1.165) is 51.1 Å². The Labute approximate surface area is 135 Å². The van der Waals surface area contributed by atoms with Gasteiger partial charge >= 0.3 is 0 Å². The number of rotatable bonds is 6. The lowest BCUT2D eigenvalue weighted by Crippen LogP contribution is -2.46. The lowest BCUT2D eigenvalue weighted by molar-refractivity contribution is -0.132. The molecule has 4 heteroatoms. The molecule has 0 spiro atoms. The Bertz CT molecular complexity index is 356. The van der Waals surface area contributed by atoms with Crippen molar-refractivity contribution in [1.82, 2.24) is 10.2 Å². The molecule has 4 nitrogen and oxygen atoms in total. The van der Waals surface area contributed by atoms with Crippen molar-refractivity contribution in [1.29, 1.82) is 0 Å². The zero-order valence-corrected chi connectivity index (χ0v) is 14.1. The van der Waals surface area contributed by atoms with Crippen molar-refractivity contribution < 1.29 is 9.59 Å². The molecule has 1 aliphatic carbocycles. The molecule has 0 radical (unpaired) electrons. The van der Waals surface area contributed by atoms with Crippen LogP contribution in [0.3, 0.4) is 0 Å². The molecular weight excluding hydrogens is 276 g/mol. The first-order valence-corrected chi connectivity index (χ1v) is 9.26. The third-order valence-corrected chi connectivity index (χ3v) is 5.18. The number of hydrogen-bond donors (Lipinski definition) is 1. The van der Waals surface area contributed by atoms with Crippen LogP contribution in [-0.4, -0.2) is 35.8 Å². The van der Waals surface area contributed by atoms with Gasteiger partial charge < -0.3 is 10.2 Å². The quantitative estimate of drug-likeness (QED) is 0.819. The second-order valence-electron chi connectivity index (χ2n) is 7.02. The van der Waals surface area contributed by atoms with Crippen LogP contribution in [0.1, 0.15) is 77.6 Å². The second-order valence-corrected chi connectivity index (χ2v) is 7.02. The van der Waals surface area contributed by atoms with E-state index in [2.05, 4.69) is 5.32 Å². The molecule has 1 aliphatic heterocycles. The van der Waals surface area contributed by atoms with Gasteiger partial charge in [-0.1, -0.05) is 39.0 Å². The average Bonchev–Trinajstić information content (AvgIpc) is 2.54. The highest BCUT2D eigenvalue weighted by atomic mass is 16.2. The average molecular weight is 308 g/mol. The number of likely N-dealkylation sites (tertiary alicyclic amines) is 1. The molecule has 1 N–H and O–H groups in total. The molecule has 0 aromatic heterocycles. The van der Waals surface area contributed by atoms with Gasteiger partial charge in [0, 0.05) is 32.0 Å². The van der Waals surface area contributed by atoms with Gasteiger partial charge in [-0.15, -0.1) is 0 Å². The number of carbonyl (C=O) groups is 2. The Morgan fingerprint density at radius 2 is 1.68 bits per heavy atom. The van der Waals surface area contributed by atoms with E-state index < -0.39 is 0 Å². The maximum Gasteiger partial charge on any atom is 0.222 e. The van der Waals surface area contributed by atoms with Gasteiger partial charge in [0.2, 0.25) is 11.8 Å². The minimum absolute atomic E-state index is 0.157. The molecular formula is C18H32N2O2. The van der Waals surface area contributed by atoms with Crippen molar-refractivity contribution >= 4 is 11.8 Å². The highest BCUT2D eigenvalue weighted by Gasteiger charge is 2.24. The first-order chi connectivity index (χ1) is 10.7. The number of carbonyl (C=O) groups excluding carboxylic acids is 2. The van der Waals surface area contributed by atoms with Crippen molar-refractivity contribution in [3.05, 3.63) is 0 Å². The Balaban J connectivity index is 1.63. The van der Waals surface area contributed by atoms with Crippen molar-refractivity contribution in [2.24, 2.45) is 5.92 Å². The van der Waals surface area contributed by atoms with E-state index >= 15 is 0 Å². The standard InChI is InChI=1S/C18H32N2O2/c1-2-6-17(21)19-16-11-13-20(14-12-16)18(22)10-9-15-7-4-3-5-8-15/h15-16H,2-14H2,1H3,(H,19,21). The van der Waals surface area contributed by atoms with Crippen molar-refractivity contribution in [2.75, 3.05) is 13.1 Å². The molecule has 0 aromatic carbocycles. The van der Waals surface area contributed by atoms with E-state index in [1.807, 2.05) is 11.8 Å². The van der Waals surface area contributed by atoms with Gasteiger partial charge in [0.05, 0.1) is 0 Å². The fourth-order valence-corrected chi connectivity index (χ4v) is 3.76. The maximum absolute atomic E-state index is 12.3. The molecule has 0 aromatic rings. The molecule has 0 atom stereocenters. The van der Waals surface area contributed by atoms with Crippen LogP contribution in [-0.2, 0) is 9.59 Å². The summed E-state index contributed by atoms with van der Waals surface area (Å²) in [5.41, 5.74) is 0. The number of nitrogens with one attached hydrogen (secondary N) is 1. The third-order valence-electron chi connectivity index (χ3n) is 5.18. The van der Waals surface area contributed by atoms with Crippen molar-refractivity contribution in [3.8, 4) is 0 Å². The van der Waals surface area contributed by atoms with Gasteiger partial charge in [0.15, 0.2) is 0 Å². The van der Waals surface area contributed by atoms with E-state index in [1.165, 1.54) is 32.1 Å². The normalized spacial score (nSPS) is 20.9. The summed E-state index contributed by atoms with van der Waals surface area (Å²) < 4.78 is 0. The first kappa shape index (κ1) is 17.3.